The summed E-state index contributed by atoms with van der Waals surface area (Å²) in [6.45, 7) is 1.97. The highest BCUT2D eigenvalue weighted by Crippen LogP contribution is 2.31. The average Bonchev–Trinajstić information content (AvgIpc) is 2.99. The van der Waals surface area contributed by atoms with E-state index >= 15 is 0 Å². The molecule has 134 valence electrons. The Morgan fingerprint density at radius 3 is 2.58 bits per heavy atom. The standard InChI is InChI=1S/C19H17FN2O3S/c1-12(23)13-2-5-15(6-3-13)26(24,25)22-9-8-19-17(11-22)16-10-14(20)4-7-18(16)21-19/h2-7,10,21H,8-9,11H2,1H3. The summed E-state index contributed by atoms with van der Waals surface area (Å²) in [5, 5.41) is 0.715. The van der Waals surface area contributed by atoms with Crippen LogP contribution in [0.3, 0.4) is 0 Å². The molecular weight excluding hydrogens is 355 g/mol. The van der Waals surface area contributed by atoms with Crippen molar-refractivity contribution in [3.05, 3.63) is 65.1 Å². The number of fused-ring (bicyclic) bond motifs is 3. The van der Waals surface area contributed by atoms with Gasteiger partial charge >= 0.3 is 0 Å². The number of ketones is 1. The third-order valence-electron chi connectivity index (χ3n) is 4.80. The number of hydrogen-bond acceptors (Lipinski definition) is 3. The lowest BCUT2D eigenvalue weighted by Crippen LogP contribution is -2.35. The normalized spacial score (nSPS) is 15.2. The van der Waals surface area contributed by atoms with E-state index in [0.717, 1.165) is 16.8 Å². The van der Waals surface area contributed by atoms with Crippen LogP contribution in [-0.4, -0.2) is 30.0 Å². The minimum Gasteiger partial charge on any atom is -0.358 e. The molecule has 0 unspecified atom stereocenters. The number of rotatable bonds is 3. The maximum absolute atomic E-state index is 13.6. The van der Waals surface area contributed by atoms with Gasteiger partial charge in [0.05, 0.1) is 4.90 Å². The summed E-state index contributed by atoms with van der Waals surface area (Å²) >= 11 is 0. The highest BCUT2D eigenvalue weighted by atomic mass is 32.2. The van der Waals surface area contributed by atoms with Crippen LogP contribution in [0.1, 0.15) is 28.5 Å². The van der Waals surface area contributed by atoms with Gasteiger partial charge in [0.25, 0.3) is 0 Å². The number of sulfonamides is 1. The zero-order valence-corrected chi connectivity index (χ0v) is 14.9. The molecule has 0 saturated carbocycles. The molecule has 2 aromatic carbocycles. The molecule has 0 aliphatic carbocycles. The minimum atomic E-state index is -3.69. The minimum absolute atomic E-state index is 0.114. The van der Waals surface area contributed by atoms with Gasteiger partial charge in [0.2, 0.25) is 10.0 Å². The largest absolute Gasteiger partial charge is 0.358 e. The van der Waals surface area contributed by atoms with Gasteiger partial charge in [0.1, 0.15) is 5.82 Å². The number of Topliss-reactive ketones (excluding diaryl/α,β-unsaturated/α-hetero) is 1. The fourth-order valence-corrected chi connectivity index (χ4v) is 4.79. The first-order chi connectivity index (χ1) is 12.4. The molecule has 0 bridgehead atoms. The van der Waals surface area contributed by atoms with Crippen molar-refractivity contribution in [3.63, 3.8) is 0 Å². The zero-order valence-electron chi connectivity index (χ0n) is 14.1. The lowest BCUT2D eigenvalue weighted by atomic mass is 10.1. The first-order valence-corrected chi connectivity index (χ1v) is 9.70. The van der Waals surface area contributed by atoms with E-state index in [1.807, 2.05) is 0 Å². The molecule has 3 aromatic rings. The Morgan fingerprint density at radius 2 is 1.88 bits per heavy atom. The predicted molar refractivity (Wildman–Crippen MR) is 96.0 cm³/mol. The van der Waals surface area contributed by atoms with Gasteiger partial charge in [-0.25, -0.2) is 12.8 Å². The molecule has 0 radical (unpaired) electrons. The molecule has 0 saturated heterocycles. The van der Waals surface area contributed by atoms with Crippen molar-refractivity contribution < 1.29 is 17.6 Å². The van der Waals surface area contributed by atoms with E-state index in [4.69, 9.17) is 0 Å². The highest BCUT2D eigenvalue weighted by Gasteiger charge is 2.30. The fraction of sp³-hybridized carbons (Fsp3) is 0.211. The van der Waals surface area contributed by atoms with E-state index in [2.05, 4.69) is 4.98 Å². The summed E-state index contributed by atoms with van der Waals surface area (Å²) < 4.78 is 40.9. The monoisotopic (exact) mass is 372 g/mol. The first-order valence-electron chi connectivity index (χ1n) is 8.26. The van der Waals surface area contributed by atoms with Crippen LogP contribution in [0, 0.1) is 5.82 Å². The Hall–Kier alpha value is -2.51. The van der Waals surface area contributed by atoms with Gasteiger partial charge in [-0.2, -0.15) is 4.31 Å². The molecule has 2 heterocycles. The van der Waals surface area contributed by atoms with Crippen LogP contribution in [-0.2, 0) is 23.0 Å². The molecule has 5 nitrogen and oxygen atoms in total. The van der Waals surface area contributed by atoms with E-state index in [0.29, 0.717) is 23.9 Å². The van der Waals surface area contributed by atoms with Crippen LogP contribution in [0.25, 0.3) is 10.9 Å². The number of halogens is 1. The van der Waals surface area contributed by atoms with Crippen LogP contribution < -0.4 is 0 Å². The first kappa shape index (κ1) is 16.9. The number of nitrogens with one attached hydrogen (secondary N) is 1. The average molecular weight is 372 g/mol. The Morgan fingerprint density at radius 1 is 1.15 bits per heavy atom. The van der Waals surface area contributed by atoms with Gasteiger partial charge < -0.3 is 4.98 Å². The van der Waals surface area contributed by atoms with E-state index in [1.165, 1.54) is 47.6 Å². The van der Waals surface area contributed by atoms with Crippen molar-refractivity contribution in [1.82, 2.24) is 9.29 Å². The highest BCUT2D eigenvalue weighted by molar-refractivity contribution is 7.89. The Balaban J connectivity index is 1.70. The molecule has 0 atom stereocenters. The topological polar surface area (TPSA) is 70.2 Å². The van der Waals surface area contributed by atoms with Crippen molar-refractivity contribution in [3.8, 4) is 0 Å². The SMILES string of the molecule is CC(=O)c1ccc(S(=O)(=O)N2CCc3[nH]c4ccc(F)cc4c3C2)cc1. The summed E-state index contributed by atoms with van der Waals surface area (Å²) in [5.74, 6) is -0.462. The lowest BCUT2D eigenvalue weighted by molar-refractivity contribution is 0.101. The van der Waals surface area contributed by atoms with Crippen molar-refractivity contribution in [1.29, 1.82) is 0 Å². The second-order valence-electron chi connectivity index (χ2n) is 6.44. The number of H-pyrrole nitrogens is 1. The van der Waals surface area contributed by atoms with Gasteiger partial charge in [0, 0.05) is 41.7 Å². The number of carbonyl (C=O) groups excluding carboxylic acids is 1. The summed E-state index contributed by atoms with van der Waals surface area (Å²) in [5.41, 5.74) is 3.04. The Labute approximate surface area is 150 Å². The fourth-order valence-electron chi connectivity index (χ4n) is 3.38. The second kappa shape index (κ2) is 6.03. The van der Waals surface area contributed by atoms with Crippen molar-refractivity contribution >= 4 is 26.7 Å². The van der Waals surface area contributed by atoms with Gasteiger partial charge in [0.15, 0.2) is 5.78 Å². The molecule has 1 aromatic heterocycles. The number of carbonyl (C=O) groups is 1. The van der Waals surface area contributed by atoms with E-state index in [9.17, 15) is 17.6 Å². The van der Waals surface area contributed by atoms with Crippen LogP contribution >= 0.6 is 0 Å². The number of aromatic nitrogens is 1. The third kappa shape index (κ3) is 2.73. The van der Waals surface area contributed by atoms with Crippen molar-refractivity contribution in [2.75, 3.05) is 6.54 Å². The number of benzene rings is 2. The maximum Gasteiger partial charge on any atom is 0.243 e. The molecule has 4 rings (SSSR count). The van der Waals surface area contributed by atoms with Gasteiger partial charge in [-0.1, -0.05) is 12.1 Å². The summed E-state index contributed by atoms with van der Waals surface area (Å²) in [4.78, 5) is 14.8. The molecule has 7 heteroatoms. The second-order valence-corrected chi connectivity index (χ2v) is 8.38. The molecule has 1 aliphatic rings. The number of nitrogens with zero attached hydrogens (tertiary/aromatic N) is 1. The predicted octanol–water partition coefficient (Wildman–Crippen LogP) is 3.26. The molecule has 0 fully saturated rings. The van der Waals surface area contributed by atoms with Crippen LogP contribution in [0.2, 0.25) is 0 Å². The smallest absolute Gasteiger partial charge is 0.243 e. The molecule has 1 N–H and O–H groups in total. The van der Waals surface area contributed by atoms with Gasteiger partial charge in [-0.15, -0.1) is 0 Å². The molecule has 0 amide bonds. The maximum atomic E-state index is 13.6. The summed E-state index contributed by atoms with van der Waals surface area (Å²) in [6, 6.07) is 10.4. The summed E-state index contributed by atoms with van der Waals surface area (Å²) in [7, 11) is -3.69. The third-order valence-corrected chi connectivity index (χ3v) is 6.66. The van der Waals surface area contributed by atoms with Crippen molar-refractivity contribution in [2.45, 2.75) is 24.8 Å². The molecule has 1 aliphatic heterocycles. The van der Waals surface area contributed by atoms with E-state index < -0.39 is 10.0 Å². The summed E-state index contributed by atoms with van der Waals surface area (Å²) in [6.07, 6.45) is 0.538. The van der Waals surface area contributed by atoms with E-state index in [1.54, 1.807) is 6.07 Å². The van der Waals surface area contributed by atoms with Crippen molar-refractivity contribution in [2.24, 2.45) is 0 Å². The molecular formula is C19H17FN2O3S. The molecule has 0 spiro atoms. The van der Waals surface area contributed by atoms with Gasteiger partial charge in [-0.3, -0.25) is 4.79 Å². The van der Waals surface area contributed by atoms with Crippen LogP contribution in [0.4, 0.5) is 4.39 Å². The number of aromatic amines is 1. The van der Waals surface area contributed by atoms with E-state index in [-0.39, 0.29) is 23.0 Å². The quantitative estimate of drug-likeness (QED) is 0.718. The number of hydrogen-bond donors (Lipinski definition) is 1. The van der Waals surface area contributed by atoms with Gasteiger partial charge in [-0.05, 0) is 42.8 Å². The Bertz CT molecular complexity index is 1120. The lowest BCUT2D eigenvalue weighted by Gasteiger charge is -2.26. The zero-order chi connectivity index (χ0) is 18.5. The van der Waals surface area contributed by atoms with Crippen LogP contribution in [0.15, 0.2) is 47.4 Å². The van der Waals surface area contributed by atoms with Crippen LogP contribution in [0.5, 0.6) is 0 Å². The molecule has 26 heavy (non-hydrogen) atoms. The Kier molecular flexibility index (Phi) is 3.93.